The molecule has 0 aliphatic carbocycles. The average molecular weight is 456 g/mol. The number of nitro benzene ring substituents is 1. The van der Waals surface area contributed by atoms with Crippen molar-refractivity contribution in [2.24, 2.45) is 0 Å². The third-order valence-corrected chi connectivity index (χ3v) is 5.48. The summed E-state index contributed by atoms with van der Waals surface area (Å²) in [6.07, 6.45) is -1.49. The molecule has 0 bridgehead atoms. The van der Waals surface area contributed by atoms with Gasteiger partial charge in [-0.3, -0.25) is 19.7 Å². The first-order valence-corrected chi connectivity index (χ1v) is 10.4. The summed E-state index contributed by atoms with van der Waals surface area (Å²) >= 11 is 5.72. The van der Waals surface area contributed by atoms with Crippen molar-refractivity contribution in [1.29, 1.82) is 0 Å². The van der Waals surface area contributed by atoms with Crippen molar-refractivity contribution in [2.45, 2.75) is 24.3 Å². The smallest absolute Gasteiger partial charge is 0.307 e. The van der Waals surface area contributed by atoms with Crippen LogP contribution in [0.25, 0.3) is 0 Å². The monoisotopic (exact) mass is 455 g/mol. The van der Waals surface area contributed by atoms with Crippen LogP contribution in [0.5, 0.6) is 0 Å². The lowest BCUT2D eigenvalue weighted by atomic mass is 10.2. The van der Waals surface area contributed by atoms with E-state index in [1.54, 1.807) is 0 Å². The number of carbonyl (C=O) groups is 2. The van der Waals surface area contributed by atoms with Crippen molar-refractivity contribution in [3.05, 3.63) is 63.7 Å². The Morgan fingerprint density at radius 2 is 1.87 bits per heavy atom. The first-order valence-electron chi connectivity index (χ1n) is 8.58. The molecule has 0 aliphatic heterocycles. The summed E-state index contributed by atoms with van der Waals surface area (Å²) in [6, 6.07) is 10.8. The van der Waals surface area contributed by atoms with Crippen LogP contribution in [0.15, 0.2) is 53.4 Å². The van der Waals surface area contributed by atoms with Crippen LogP contribution in [0.3, 0.4) is 0 Å². The van der Waals surface area contributed by atoms with Crippen LogP contribution in [0.4, 0.5) is 11.4 Å². The van der Waals surface area contributed by atoms with Crippen LogP contribution >= 0.6 is 11.6 Å². The molecular formula is C18H18ClN3O7S. The zero-order valence-electron chi connectivity index (χ0n) is 15.7. The predicted octanol–water partition coefficient (Wildman–Crippen LogP) is 2.49. The number of nitrogens with zero attached hydrogens (tertiary/aromatic N) is 1. The Morgan fingerprint density at radius 1 is 1.20 bits per heavy atom. The van der Waals surface area contributed by atoms with Crippen molar-refractivity contribution in [3.63, 3.8) is 0 Å². The number of hydrogen-bond acceptors (Lipinski definition) is 7. The number of nitrogens with one attached hydrogen (secondary N) is 2. The number of amides is 1. The van der Waals surface area contributed by atoms with Crippen LogP contribution in [-0.4, -0.2) is 37.9 Å². The molecule has 0 saturated carbocycles. The van der Waals surface area contributed by atoms with Gasteiger partial charge in [0.05, 0.1) is 16.2 Å². The zero-order chi connectivity index (χ0) is 22.3. The van der Waals surface area contributed by atoms with Gasteiger partial charge in [-0.2, -0.15) is 0 Å². The molecule has 1 atom stereocenters. The molecular weight excluding hydrogens is 438 g/mol. The van der Waals surface area contributed by atoms with Gasteiger partial charge in [-0.15, -0.1) is 0 Å². The summed E-state index contributed by atoms with van der Waals surface area (Å²) in [7, 11) is -3.82. The Bertz CT molecular complexity index is 1040. The van der Waals surface area contributed by atoms with E-state index in [1.165, 1.54) is 49.4 Å². The summed E-state index contributed by atoms with van der Waals surface area (Å²) in [5.41, 5.74) is -0.0294. The molecule has 1 amide bonds. The van der Waals surface area contributed by atoms with Crippen LogP contribution in [0, 0.1) is 10.1 Å². The van der Waals surface area contributed by atoms with Gasteiger partial charge >= 0.3 is 5.97 Å². The molecule has 0 heterocycles. The van der Waals surface area contributed by atoms with Crippen molar-refractivity contribution in [2.75, 3.05) is 11.9 Å². The van der Waals surface area contributed by atoms with Crippen LogP contribution in [-0.2, 0) is 24.3 Å². The summed E-state index contributed by atoms with van der Waals surface area (Å²) in [5.74, 6) is -1.49. The van der Waals surface area contributed by atoms with E-state index in [-0.39, 0.29) is 29.2 Å². The van der Waals surface area contributed by atoms with Crippen molar-refractivity contribution in [3.8, 4) is 0 Å². The Kier molecular flexibility index (Phi) is 7.86. The summed E-state index contributed by atoms with van der Waals surface area (Å²) in [4.78, 5) is 34.1. The van der Waals surface area contributed by atoms with Crippen LogP contribution < -0.4 is 10.0 Å². The SMILES string of the molecule is C[C@H](OC(=O)CCNS(=O)(=O)c1ccc(Cl)cc1)C(=O)Nc1cccc([N+](=O)[O-])c1. The Morgan fingerprint density at radius 3 is 2.50 bits per heavy atom. The van der Waals surface area contributed by atoms with Gasteiger partial charge in [0.2, 0.25) is 10.0 Å². The molecule has 0 radical (unpaired) electrons. The second kappa shape index (κ2) is 10.1. The molecule has 0 fully saturated rings. The molecule has 0 spiro atoms. The van der Waals surface area contributed by atoms with E-state index in [9.17, 15) is 28.1 Å². The number of benzene rings is 2. The molecule has 2 N–H and O–H groups in total. The highest BCUT2D eigenvalue weighted by Gasteiger charge is 2.20. The minimum absolute atomic E-state index is 0.00929. The van der Waals surface area contributed by atoms with Crippen molar-refractivity contribution in [1.82, 2.24) is 4.72 Å². The topological polar surface area (TPSA) is 145 Å². The van der Waals surface area contributed by atoms with E-state index in [1.807, 2.05) is 0 Å². The third kappa shape index (κ3) is 6.79. The molecule has 160 valence electrons. The first kappa shape index (κ1) is 23.3. The lowest BCUT2D eigenvalue weighted by molar-refractivity contribution is -0.384. The molecule has 10 nitrogen and oxygen atoms in total. The van der Waals surface area contributed by atoms with Crippen LogP contribution in [0.2, 0.25) is 5.02 Å². The van der Waals surface area contributed by atoms with E-state index in [0.29, 0.717) is 5.02 Å². The maximum absolute atomic E-state index is 12.1. The lowest BCUT2D eigenvalue weighted by Gasteiger charge is -2.13. The highest BCUT2D eigenvalue weighted by atomic mass is 35.5. The number of non-ortho nitro benzene ring substituents is 1. The number of esters is 1. The van der Waals surface area contributed by atoms with E-state index in [2.05, 4.69) is 10.0 Å². The number of rotatable bonds is 9. The lowest BCUT2D eigenvalue weighted by Crippen LogP contribution is -2.32. The second-order valence-electron chi connectivity index (χ2n) is 6.03. The fourth-order valence-corrected chi connectivity index (χ4v) is 3.39. The fraction of sp³-hybridized carbons (Fsp3) is 0.222. The Hall–Kier alpha value is -3.02. The Balaban J connectivity index is 1.82. The maximum atomic E-state index is 12.1. The fourth-order valence-electron chi connectivity index (χ4n) is 2.24. The number of hydrogen-bond donors (Lipinski definition) is 2. The van der Waals surface area contributed by atoms with Gasteiger partial charge < -0.3 is 10.1 Å². The third-order valence-electron chi connectivity index (χ3n) is 3.75. The van der Waals surface area contributed by atoms with Gasteiger partial charge in [0, 0.05) is 29.4 Å². The molecule has 0 aliphatic rings. The molecule has 2 aromatic rings. The molecule has 12 heteroatoms. The summed E-state index contributed by atoms with van der Waals surface area (Å²) in [6.45, 7) is 1.09. The standard InChI is InChI=1S/C18H18ClN3O7S/c1-12(18(24)21-14-3-2-4-15(11-14)22(25)26)29-17(23)9-10-20-30(27,28)16-7-5-13(19)6-8-16/h2-8,11-12,20H,9-10H2,1H3,(H,21,24)/t12-/m0/s1. The van der Waals surface area contributed by atoms with Gasteiger partial charge in [-0.25, -0.2) is 13.1 Å². The van der Waals surface area contributed by atoms with Crippen molar-refractivity contribution >= 4 is 44.9 Å². The van der Waals surface area contributed by atoms with Gasteiger partial charge in [-0.05, 0) is 37.3 Å². The van der Waals surface area contributed by atoms with Gasteiger partial charge in [-0.1, -0.05) is 17.7 Å². The minimum atomic E-state index is -3.82. The molecule has 0 aromatic heterocycles. The minimum Gasteiger partial charge on any atom is -0.452 e. The maximum Gasteiger partial charge on any atom is 0.307 e. The number of nitro groups is 1. The molecule has 2 aromatic carbocycles. The van der Waals surface area contributed by atoms with E-state index < -0.39 is 32.9 Å². The number of anilines is 1. The number of ether oxygens (including phenoxy) is 1. The summed E-state index contributed by atoms with van der Waals surface area (Å²) in [5, 5.41) is 13.6. The largest absolute Gasteiger partial charge is 0.452 e. The van der Waals surface area contributed by atoms with Gasteiger partial charge in [0.1, 0.15) is 0 Å². The van der Waals surface area contributed by atoms with E-state index in [0.717, 1.165) is 6.07 Å². The first-order chi connectivity index (χ1) is 14.1. The predicted molar refractivity (Wildman–Crippen MR) is 109 cm³/mol. The normalized spacial score (nSPS) is 12.1. The molecule has 0 saturated heterocycles. The second-order valence-corrected chi connectivity index (χ2v) is 8.23. The number of carbonyl (C=O) groups excluding carboxylic acids is 2. The van der Waals surface area contributed by atoms with Gasteiger partial charge in [0.25, 0.3) is 11.6 Å². The van der Waals surface area contributed by atoms with E-state index in [4.69, 9.17) is 16.3 Å². The van der Waals surface area contributed by atoms with Crippen molar-refractivity contribution < 1.29 is 27.7 Å². The van der Waals surface area contributed by atoms with Crippen LogP contribution in [0.1, 0.15) is 13.3 Å². The average Bonchev–Trinajstić information content (AvgIpc) is 2.68. The van der Waals surface area contributed by atoms with Gasteiger partial charge in [0.15, 0.2) is 6.10 Å². The highest BCUT2D eigenvalue weighted by molar-refractivity contribution is 7.89. The highest BCUT2D eigenvalue weighted by Crippen LogP contribution is 2.17. The number of sulfonamides is 1. The summed E-state index contributed by atoms with van der Waals surface area (Å²) < 4.78 is 31.4. The quantitative estimate of drug-likeness (QED) is 0.335. The Labute approximate surface area is 177 Å². The van der Waals surface area contributed by atoms with E-state index >= 15 is 0 Å². The zero-order valence-corrected chi connectivity index (χ0v) is 17.3. The molecule has 30 heavy (non-hydrogen) atoms. The molecule has 0 unspecified atom stereocenters. The molecule has 2 rings (SSSR count). The number of halogens is 1.